The SMILES string of the molecule is NS(=O)(=O)CCNC1=NC(=O)C(=C(Cc2ccc(C(F)(F)F)cc2C(F)(F)F)c2ccc3[nH]ncc3c2)S1. The van der Waals surface area contributed by atoms with Crippen LogP contribution in [0.4, 0.5) is 26.3 Å². The molecule has 38 heavy (non-hydrogen) atoms. The quantitative estimate of drug-likeness (QED) is 0.299. The maximum atomic E-state index is 13.8. The molecule has 3 aromatic rings. The van der Waals surface area contributed by atoms with E-state index in [1.807, 2.05) is 0 Å². The van der Waals surface area contributed by atoms with E-state index in [-0.39, 0.29) is 28.3 Å². The molecule has 0 unspecified atom stereocenters. The van der Waals surface area contributed by atoms with Gasteiger partial charge in [-0.2, -0.15) is 36.4 Å². The van der Waals surface area contributed by atoms with Crippen molar-refractivity contribution in [2.75, 3.05) is 12.3 Å². The number of nitrogens with two attached hydrogens (primary N) is 1. The molecule has 1 aliphatic rings. The Morgan fingerprint density at radius 3 is 2.45 bits per heavy atom. The Balaban J connectivity index is 1.78. The number of sulfonamides is 1. The molecule has 0 bridgehead atoms. The fourth-order valence-corrected chi connectivity index (χ4v) is 5.01. The Morgan fingerprint density at radius 1 is 1.05 bits per heavy atom. The van der Waals surface area contributed by atoms with Crippen molar-refractivity contribution in [3.05, 3.63) is 69.8 Å². The van der Waals surface area contributed by atoms with Crippen LogP contribution in [0.3, 0.4) is 0 Å². The van der Waals surface area contributed by atoms with Crippen LogP contribution < -0.4 is 10.5 Å². The lowest BCUT2D eigenvalue weighted by Gasteiger charge is -2.18. The minimum absolute atomic E-state index is 0.000923. The van der Waals surface area contributed by atoms with Gasteiger partial charge >= 0.3 is 12.4 Å². The molecular weight excluding hydrogens is 560 g/mol. The number of allylic oxidation sites excluding steroid dienone is 1. The third kappa shape index (κ3) is 6.36. The number of rotatable bonds is 6. The summed E-state index contributed by atoms with van der Waals surface area (Å²) < 4.78 is 103. The molecule has 0 saturated heterocycles. The lowest BCUT2D eigenvalue weighted by molar-refractivity contribution is -0.143. The predicted octanol–water partition coefficient (Wildman–Crippen LogP) is 4.06. The fraction of sp³-hybridized carbons (Fsp3) is 0.227. The highest BCUT2D eigenvalue weighted by Gasteiger charge is 2.38. The highest BCUT2D eigenvalue weighted by atomic mass is 32.2. The molecule has 0 saturated carbocycles. The lowest BCUT2D eigenvalue weighted by atomic mass is 9.92. The van der Waals surface area contributed by atoms with Crippen LogP contribution in [0, 0.1) is 0 Å². The van der Waals surface area contributed by atoms with Gasteiger partial charge in [-0.3, -0.25) is 9.89 Å². The van der Waals surface area contributed by atoms with Gasteiger partial charge in [0, 0.05) is 11.9 Å². The standard InChI is InChI=1S/C22H17F6N5O3S2/c23-21(24,25)14-3-1-12(16(9-14)22(26,27)28)8-15(11-2-4-17-13(7-11)10-31-33-17)18-19(34)32-20(37-18)30-5-6-38(29,35)36/h1-4,7,9-10H,5-6,8H2,(H,31,33)(H2,29,35,36)(H,30,32,34). The number of nitrogens with one attached hydrogen (secondary N) is 2. The van der Waals surface area contributed by atoms with Crippen LogP contribution in [0.1, 0.15) is 22.3 Å². The molecule has 4 rings (SSSR count). The number of H-pyrrole nitrogens is 1. The van der Waals surface area contributed by atoms with Crippen molar-refractivity contribution >= 4 is 49.3 Å². The zero-order valence-corrected chi connectivity index (χ0v) is 20.6. The number of carbonyl (C=O) groups is 1. The summed E-state index contributed by atoms with van der Waals surface area (Å²) in [6.07, 6.45) is -9.19. The van der Waals surface area contributed by atoms with E-state index in [1.54, 1.807) is 12.1 Å². The first-order chi connectivity index (χ1) is 17.6. The number of fused-ring (bicyclic) bond motifs is 1. The van der Waals surface area contributed by atoms with E-state index in [4.69, 9.17) is 5.14 Å². The highest BCUT2D eigenvalue weighted by Crippen LogP contribution is 2.41. The van der Waals surface area contributed by atoms with Gasteiger partial charge in [0.15, 0.2) is 5.17 Å². The van der Waals surface area contributed by atoms with Crippen LogP contribution in [0.5, 0.6) is 0 Å². The number of thioether (sulfide) groups is 1. The van der Waals surface area contributed by atoms with Crippen molar-refractivity contribution in [2.45, 2.75) is 18.8 Å². The number of carbonyl (C=O) groups excluding carboxylic acids is 1. The molecule has 202 valence electrons. The molecule has 1 aromatic heterocycles. The van der Waals surface area contributed by atoms with Crippen LogP contribution in [0.2, 0.25) is 0 Å². The third-order valence-electron chi connectivity index (χ3n) is 5.43. The van der Waals surface area contributed by atoms with E-state index >= 15 is 0 Å². The third-order valence-corrected chi connectivity index (χ3v) is 7.26. The summed E-state index contributed by atoms with van der Waals surface area (Å²) in [5.41, 5.74) is -2.42. The normalized spacial score (nSPS) is 16.2. The maximum Gasteiger partial charge on any atom is 0.416 e. The number of nitrogens with zero attached hydrogens (tertiary/aromatic N) is 2. The molecule has 2 heterocycles. The van der Waals surface area contributed by atoms with Gasteiger partial charge in [0.25, 0.3) is 5.91 Å². The Hall–Kier alpha value is -3.37. The molecular formula is C22H17F6N5O3S2. The molecule has 0 atom stereocenters. The van der Waals surface area contributed by atoms with E-state index < -0.39 is 57.1 Å². The van der Waals surface area contributed by atoms with Crippen LogP contribution in [-0.2, 0) is 33.6 Å². The average molecular weight is 578 g/mol. The molecule has 4 N–H and O–H groups in total. The second-order valence-electron chi connectivity index (χ2n) is 8.14. The van der Waals surface area contributed by atoms with E-state index in [2.05, 4.69) is 20.5 Å². The molecule has 8 nitrogen and oxygen atoms in total. The zero-order chi connectivity index (χ0) is 27.9. The maximum absolute atomic E-state index is 13.8. The van der Waals surface area contributed by atoms with Crippen molar-refractivity contribution in [3.8, 4) is 0 Å². The summed E-state index contributed by atoms with van der Waals surface area (Å²) >= 11 is 0.768. The second-order valence-corrected chi connectivity index (χ2v) is 10.9. The molecule has 1 amide bonds. The van der Waals surface area contributed by atoms with Crippen LogP contribution in [0.25, 0.3) is 16.5 Å². The Bertz CT molecular complexity index is 1580. The van der Waals surface area contributed by atoms with Gasteiger partial charge in [-0.25, -0.2) is 13.6 Å². The summed E-state index contributed by atoms with van der Waals surface area (Å²) in [5, 5.41) is 14.8. The Kier molecular flexibility index (Phi) is 7.33. The second kappa shape index (κ2) is 10.1. The van der Waals surface area contributed by atoms with Crippen molar-refractivity contribution < 1.29 is 39.6 Å². The van der Waals surface area contributed by atoms with Gasteiger partial charge in [-0.1, -0.05) is 12.1 Å². The number of hydrogen-bond donors (Lipinski definition) is 3. The monoisotopic (exact) mass is 577 g/mol. The first kappa shape index (κ1) is 27.7. The number of aliphatic imine (C=N–C) groups is 1. The molecule has 1 aliphatic heterocycles. The smallest absolute Gasteiger partial charge is 0.363 e. The Labute approximate surface area is 215 Å². The number of halogens is 6. The van der Waals surface area contributed by atoms with Crippen LogP contribution in [-0.4, -0.2) is 42.0 Å². The number of amidine groups is 1. The predicted molar refractivity (Wildman–Crippen MR) is 129 cm³/mol. The Morgan fingerprint density at radius 2 is 1.79 bits per heavy atom. The number of primary sulfonamides is 1. The lowest BCUT2D eigenvalue weighted by Crippen LogP contribution is -2.29. The number of alkyl halides is 6. The molecule has 0 aliphatic carbocycles. The van der Waals surface area contributed by atoms with E-state index in [0.717, 1.165) is 17.8 Å². The molecule has 0 spiro atoms. The van der Waals surface area contributed by atoms with Crippen molar-refractivity contribution in [1.29, 1.82) is 0 Å². The molecule has 0 radical (unpaired) electrons. The average Bonchev–Trinajstić information content (AvgIpc) is 3.41. The van der Waals surface area contributed by atoms with E-state index in [0.29, 0.717) is 22.5 Å². The topological polar surface area (TPSA) is 130 Å². The summed E-state index contributed by atoms with van der Waals surface area (Å²) in [6.45, 7) is -0.182. The minimum atomic E-state index is -5.11. The van der Waals surface area contributed by atoms with Crippen LogP contribution >= 0.6 is 11.8 Å². The first-order valence-electron chi connectivity index (χ1n) is 10.6. The van der Waals surface area contributed by atoms with E-state index in [9.17, 15) is 39.6 Å². The summed E-state index contributed by atoms with van der Waals surface area (Å²) in [4.78, 5) is 16.5. The van der Waals surface area contributed by atoms with Crippen LogP contribution in [0.15, 0.2) is 52.5 Å². The highest BCUT2D eigenvalue weighted by molar-refractivity contribution is 8.18. The van der Waals surface area contributed by atoms with Gasteiger partial charge in [-0.15, -0.1) is 0 Å². The summed E-state index contributed by atoms with van der Waals surface area (Å²) in [7, 11) is -3.81. The van der Waals surface area contributed by atoms with Crippen molar-refractivity contribution in [3.63, 3.8) is 0 Å². The van der Waals surface area contributed by atoms with Gasteiger partial charge in [0.1, 0.15) is 0 Å². The largest absolute Gasteiger partial charge is 0.416 e. The minimum Gasteiger partial charge on any atom is -0.363 e. The van der Waals surface area contributed by atoms with E-state index in [1.165, 1.54) is 12.3 Å². The summed E-state index contributed by atoms with van der Waals surface area (Å²) in [5.74, 6) is -1.28. The van der Waals surface area contributed by atoms with Gasteiger partial charge < -0.3 is 5.32 Å². The van der Waals surface area contributed by atoms with Crippen molar-refractivity contribution in [1.82, 2.24) is 15.5 Å². The first-order valence-corrected chi connectivity index (χ1v) is 13.1. The number of aromatic nitrogens is 2. The summed E-state index contributed by atoms with van der Waals surface area (Å²) in [6, 6.07) is 6.01. The van der Waals surface area contributed by atoms with Crippen molar-refractivity contribution in [2.24, 2.45) is 10.1 Å². The molecule has 0 fully saturated rings. The molecule has 16 heteroatoms. The zero-order valence-electron chi connectivity index (χ0n) is 18.9. The van der Waals surface area contributed by atoms with Gasteiger partial charge in [0.05, 0.1) is 33.5 Å². The molecule has 2 aromatic carbocycles. The number of aromatic amines is 1. The number of benzene rings is 2. The number of amides is 1. The number of hydrogen-bond acceptors (Lipinski definition) is 6. The fourth-order valence-electron chi connectivity index (χ4n) is 3.68. The van der Waals surface area contributed by atoms with Gasteiger partial charge in [-0.05, 0) is 59.1 Å². The van der Waals surface area contributed by atoms with Gasteiger partial charge in [0.2, 0.25) is 10.0 Å².